The van der Waals surface area contributed by atoms with Gasteiger partial charge >= 0.3 is 0 Å². The van der Waals surface area contributed by atoms with Crippen LogP contribution in [0, 0.1) is 6.92 Å². The molecule has 1 amide bonds. The zero-order chi connectivity index (χ0) is 16.9. The molecule has 1 saturated heterocycles. The lowest BCUT2D eigenvalue weighted by atomic mass is 10.1. The lowest BCUT2D eigenvalue weighted by molar-refractivity contribution is 0.0117. The van der Waals surface area contributed by atoms with Crippen LogP contribution in [0.3, 0.4) is 0 Å². The molecule has 2 aromatic heterocycles. The van der Waals surface area contributed by atoms with Gasteiger partial charge in [-0.15, -0.1) is 0 Å². The molecule has 7 heteroatoms. The molecule has 24 heavy (non-hydrogen) atoms. The highest BCUT2D eigenvalue weighted by Gasteiger charge is 2.26. The highest BCUT2D eigenvalue weighted by Crippen LogP contribution is 2.23. The molecule has 2 aromatic rings. The van der Waals surface area contributed by atoms with E-state index in [0.717, 1.165) is 24.6 Å². The monoisotopic (exact) mass is 331 g/mol. The molecule has 0 aliphatic carbocycles. The van der Waals surface area contributed by atoms with Gasteiger partial charge in [0.2, 0.25) is 0 Å². The average molecular weight is 331 g/mol. The highest BCUT2D eigenvalue weighted by molar-refractivity contribution is 5.93. The van der Waals surface area contributed by atoms with Crippen LogP contribution in [-0.4, -0.2) is 48.6 Å². The van der Waals surface area contributed by atoms with E-state index in [1.165, 1.54) is 12.3 Å². The molecule has 1 aliphatic heterocycles. The largest absolute Gasteiger partial charge is 0.465 e. The van der Waals surface area contributed by atoms with Crippen molar-refractivity contribution < 1.29 is 13.9 Å². The summed E-state index contributed by atoms with van der Waals surface area (Å²) in [4.78, 5) is 28.7. The third-order valence-corrected chi connectivity index (χ3v) is 4.09. The van der Waals surface area contributed by atoms with Gasteiger partial charge in [-0.3, -0.25) is 14.5 Å². The quantitative estimate of drug-likeness (QED) is 0.856. The minimum absolute atomic E-state index is 0.0886. The first-order chi connectivity index (χ1) is 11.6. The van der Waals surface area contributed by atoms with Gasteiger partial charge in [0.1, 0.15) is 17.1 Å². The lowest BCUT2D eigenvalue weighted by Gasteiger charge is -2.33. The Morgan fingerprint density at radius 2 is 2.12 bits per heavy atom. The van der Waals surface area contributed by atoms with Gasteiger partial charge in [-0.1, -0.05) is 0 Å². The molecule has 0 radical (unpaired) electrons. The fourth-order valence-electron chi connectivity index (χ4n) is 2.82. The van der Waals surface area contributed by atoms with Crippen molar-refractivity contribution in [3.63, 3.8) is 0 Å². The maximum atomic E-state index is 12.3. The molecule has 1 fully saturated rings. The van der Waals surface area contributed by atoms with Crippen LogP contribution in [0.4, 0.5) is 0 Å². The zero-order valence-electron chi connectivity index (χ0n) is 13.6. The maximum absolute atomic E-state index is 12.3. The first-order valence-corrected chi connectivity index (χ1v) is 7.99. The van der Waals surface area contributed by atoms with Gasteiger partial charge in [-0.25, -0.2) is 0 Å². The first kappa shape index (κ1) is 16.5. The van der Waals surface area contributed by atoms with Gasteiger partial charge in [0.25, 0.3) is 11.5 Å². The van der Waals surface area contributed by atoms with E-state index in [2.05, 4.69) is 15.2 Å². The second kappa shape index (κ2) is 7.46. The van der Waals surface area contributed by atoms with E-state index in [1.54, 1.807) is 6.07 Å². The Bertz CT molecular complexity index is 746. The number of rotatable bonds is 5. The van der Waals surface area contributed by atoms with Crippen LogP contribution >= 0.6 is 0 Å². The predicted octanol–water partition coefficient (Wildman–Crippen LogP) is 1.08. The normalized spacial score (nSPS) is 16.7. The van der Waals surface area contributed by atoms with Crippen LogP contribution in [0.25, 0.3) is 0 Å². The minimum atomic E-state index is -0.397. The molecule has 0 spiro atoms. The number of hydrogen-bond donors (Lipinski definition) is 2. The summed E-state index contributed by atoms with van der Waals surface area (Å²) in [7, 11) is 0. The Morgan fingerprint density at radius 3 is 2.79 bits per heavy atom. The van der Waals surface area contributed by atoms with E-state index in [-0.39, 0.29) is 11.6 Å². The van der Waals surface area contributed by atoms with Crippen molar-refractivity contribution in [2.45, 2.75) is 13.0 Å². The second-order valence-corrected chi connectivity index (χ2v) is 5.74. The predicted molar refractivity (Wildman–Crippen MR) is 88.0 cm³/mol. The standard InChI is InChI=1S/C17H21N3O4/c1-12-4-5-15(24-12)14(20-7-9-23-10-8-20)11-19-17(22)13-3-2-6-18-16(13)21/h2-6,14H,7-11H2,1H3,(H,18,21)(H,19,22)/t14-/m1/s1. The third kappa shape index (κ3) is 3.74. The topological polar surface area (TPSA) is 87.6 Å². The first-order valence-electron chi connectivity index (χ1n) is 7.99. The number of H-pyrrole nitrogens is 1. The Labute approximate surface area is 139 Å². The number of amides is 1. The maximum Gasteiger partial charge on any atom is 0.260 e. The van der Waals surface area contributed by atoms with Crippen molar-refractivity contribution in [2.75, 3.05) is 32.8 Å². The Balaban J connectivity index is 1.73. The molecule has 0 bridgehead atoms. The van der Waals surface area contributed by atoms with Crippen molar-refractivity contribution in [3.05, 3.63) is 57.9 Å². The number of hydrogen-bond acceptors (Lipinski definition) is 5. The summed E-state index contributed by atoms with van der Waals surface area (Å²) in [6.45, 7) is 5.10. The van der Waals surface area contributed by atoms with Gasteiger partial charge in [0.15, 0.2) is 0 Å². The molecule has 2 N–H and O–H groups in total. The molecule has 0 unspecified atom stereocenters. The fraction of sp³-hybridized carbons (Fsp3) is 0.412. The Morgan fingerprint density at radius 1 is 1.33 bits per heavy atom. The number of ether oxygens (including phenoxy) is 1. The number of aromatic nitrogens is 1. The molecule has 7 nitrogen and oxygen atoms in total. The Kier molecular flexibility index (Phi) is 5.12. The zero-order valence-corrected chi connectivity index (χ0v) is 13.6. The SMILES string of the molecule is Cc1ccc([C@@H](CNC(=O)c2ccc[nH]c2=O)N2CCOCC2)o1. The van der Waals surface area contributed by atoms with Crippen LogP contribution < -0.4 is 10.9 Å². The minimum Gasteiger partial charge on any atom is -0.465 e. The molecule has 1 atom stereocenters. The molecule has 1 aliphatic rings. The number of furan rings is 1. The summed E-state index contributed by atoms with van der Waals surface area (Å²) >= 11 is 0. The number of aromatic amines is 1. The number of carbonyl (C=O) groups excluding carboxylic acids is 1. The summed E-state index contributed by atoms with van der Waals surface area (Å²) in [6.07, 6.45) is 1.50. The molecule has 0 saturated carbocycles. The van der Waals surface area contributed by atoms with E-state index in [4.69, 9.17) is 9.15 Å². The van der Waals surface area contributed by atoms with Crippen molar-refractivity contribution in [1.82, 2.24) is 15.2 Å². The van der Waals surface area contributed by atoms with Crippen molar-refractivity contribution >= 4 is 5.91 Å². The van der Waals surface area contributed by atoms with Gasteiger partial charge in [0.05, 0.1) is 19.3 Å². The van der Waals surface area contributed by atoms with Crippen LogP contribution in [-0.2, 0) is 4.74 Å². The summed E-state index contributed by atoms with van der Waals surface area (Å²) in [6, 6.07) is 6.89. The summed E-state index contributed by atoms with van der Waals surface area (Å²) < 4.78 is 11.2. The Hall–Kier alpha value is -2.38. The number of nitrogens with one attached hydrogen (secondary N) is 2. The van der Waals surface area contributed by atoms with Gasteiger partial charge in [-0.2, -0.15) is 0 Å². The summed E-state index contributed by atoms with van der Waals surface area (Å²) in [5.74, 6) is 1.24. The number of morpholine rings is 1. The number of pyridine rings is 1. The second-order valence-electron chi connectivity index (χ2n) is 5.74. The van der Waals surface area contributed by atoms with Crippen LogP contribution in [0.1, 0.15) is 27.9 Å². The molecule has 0 aromatic carbocycles. The van der Waals surface area contributed by atoms with E-state index in [9.17, 15) is 9.59 Å². The highest BCUT2D eigenvalue weighted by atomic mass is 16.5. The third-order valence-electron chi connectivity index (χ3n) is 4.09. The molecule has 3 heterocycles. The van der Waals surface area contributed by atoms with Crippen molar-refractivity contribution in [2.24, 2.45) is 0 Å². The van der Waals surface area contributed by atoms with Crippen LogP contribution in [0.5, 0.6) is 0 Å². The van der Waals surface area contributed by atoms with Gasteiger partial charge < -0.3 is 19.5 Å². The smallest absolute Gasteiger partial charge is 0.260 e. The van der Waals surface area contributed by atoms with Crippen molar-refractivity contribution in [3.8, 4) is 0 Å². The van der Waals surface area contributed by atoms with E-state index in [1.807, 2.05) is 19.1 Å². The van der Waals surface area contributed by atoms with Crippen LogP contribution in [0.15, 0.2) is 39.7 Å². The summed E-state index contributed by atoms with van der Waals surface area (Å²) in [5, 5.41) is 2.84. The molecular weight excluding hydrogens is 310 g/mol. The molecule has 128 valence electrons. The average Bonchev–Trinajstić information content (AvgIpc) is 3.02. The van der Waals surface area contributed by atoms with E-state index in [0.29, 0.717) is 19.8 Å². The van der Waals surface area contributed by atoms with Gasteiger partial charge in [0, 0.05) is 25.8 Å². The number of nitrogens with zero attached hydrogens (tertiary/aromatic N) is 1. The fourth-order valence-corrected chi connectivity index (χ4v) is 2.82. The van der Waals surface area contributed by atoms with Crippen LogP contribution in [0.2, 0.25) is 0 Å². The van der Waals surface area contributed by atoms with E-state index >= 15 is 0 Å². The lowest BCUT2D eigenvalue weighted by Crippen LogP contribution is -2.44. The molecular formula is C17H21N3O4. The van der Waals surface area contributed by atoms with Crippen molar-refractivity contribution in [1.29, 1.82) is 0 Å². The molecule has 3 rings (SSSR count). The number of carbonyl (C=O) groups is 1. The van der Waals surface area contributed by atoms with E-state index < -0.39 is 11.5 Å². The number of aryl methyl sites for hydroxylation is 1. The summed E-state index contributed by atoms with van der Waals surface area (Å²) in [5.41, 5.74) is -0.291. The van der Waals surface area contributed by atoms with Gasteiger partial charge in [-0.05, 0) is 31.2 Å².